The molecule has 0 spiro atoms. The van der Waals surface area contributed by atoms with Gasteiger partial charge < -0.3 is 10.1 Å². The smallest absolute Gasteiger partial charge is 0.262 e. The number of hydrogen-bond donors (Lipinski definition) is 1. The first kappa shape index (κ1) is 18.9. The summed E-state index contributed by atoms with van der Waals surface area (Å²) in [7, 11) is 1.58. The van der Waals surface area contributed by atoms with Crippen LogP contribution in [-0.4, -0.2) is 13.0 Å². The lowest BCUT2D eigenvalue weighted by Gasteiger charge is -2.15. The van der Waals surface area contributed by atoms with Crippen LogP contribution in [0.15, 0.2) is 48.0 Å². The van der Waals surface area contributed by atoms with Crippen LogP contribution in [0.3, 0.4) is 0 Å². The zero-order valence-electron chi connectivity index (χ0n) is 13.7. The second-order valence-corrected chi connectivity index (χ2v) is 6.13. The van der Waals surface area contributed by atoms with Crippen LogP contribution in [0.5, 0.6) is 5.75 Å². The minimum atomic E-state index is -0.469. The number of rotatable bonds is 5. The van der Waals surface area contributed by atoms with E-state index in [0.717, 1.165) is 5.56 Å². The molecule has 0 heterocycles. The van der Waals surface area contributed by atoms with Gasteiger partial charge in [0.2, 0.25) is 0 Å². The molecule has 1 N–H and O–H groups in total. The number of methoxy groups -OCH3 is 1. The summed E-state index contributed by atoms with van der Waals surface area (Å²) in [6.07, 6.45) is 1.47. The van der Waals surface area contributed by atoms with Gasteiger partial charge in [-0.3, -0.25) is 4.79 Å². The first-order valence-corrected chi connectivity index (χ1v) is 8.22. The first-order valence-electron chi connectivity index (χ1n) is 7.46. The number of carbonyl (C=O) groups is 1. The van der Waals surface area contributed by atoms with Gasteiger partial charge in [0.15, 0.2) is 0 Å². The zero-order valence-corrected chi connectivity index (χ0v) is 15.2. The number of halogens is 2. The maximum absolute atomic E-state index is 12.4. The third-order valence-corrected chi connectivity index (χ3v) is 4.30. The molecule has 1 atom stereocenters. The van der Waals surface area contributed by atoms with E-state index >= 15 is 0 Å². The highest BCUT2D eigenvalue weighted by molar-refractivity contribution is 6.42. The van der Waals surface area contributed by atoms with Gasteiger partial charge in [0, 0.05) is 0 Å². The molecule has 6 heteroatoms. The number of amides is 1. The number of hydrogen-bond acceptors (Lipinski definition) is 3. The quantitative estimate of drug-likeness (QED) is 0.604. The number of benzene rings is 2. The van der Waals surface area contributed by atoms with Crippen molar-refractivity contribution < 1.29 is 9.53 Å². The van der Waals surface area contributed by atoms with E-state index in [2.05, 4.69) is 5.32 Å². The fourth-order valence-electron chi connectivity index (χ4n) is 2.19. The second kappa shape index (κ2) is 8.57. The zero-order chi connectivity index (χ0) is 18.4. The predicted molar refractivity (Wildman–Crippen MR) is 99.6 cm³/mol. The third kappa shape index (κ3) is 4.99. The normalized spacial score (nSPS) is 12.2. The van der Waals surface area contributed by atoms with Crippen LogP contribution in [0.1, 0.15) is 24.1 Å². The van der Waals surface area contributed by atoms with Crippen LogP contribution in [-0.2, 0) is 4.79 Å². The molecule has 2 aromatic rings. The Morgan fingerprint density at radius 2 is 2.00 bits per heavy atom. The van der Waals surface area contributed by atoms with E-state index in [9.17, 15) is 10.1 Å². The highest BCUT2D eigenvalue weighted by Crippen LogP contribution is 2.24. The Kier molecular flexibility index (Phi) is 6.46. The van der Waals surface area contributed by atoms with E-state index < -0.39 is 5.91 Å². The van der Waals surface area contributed by atoms with Gasteiger partial charge in [0.1, 0.15) is 17.4 Å². The van der Waals surface area contributed by atoms with Gasteiger partial charge in [0.05, 0.1) is 23.2 Å². The fourth-order valence-corrected chi connectivity index (χ4v) is 2.49. The molecule has 0 aliphatic carbocycles. The van der Waals surface area contributed by atoms with E-state index in [0.29, 0.717) is 21.4 Å². The number of nitrogens with one attached hydrogen (secondary N) is 1. The molecule has 128 valence electrons. The molecule has 0 saturated heterocycles. The summed E-state index contributed by atoms with van der Waals surface area (Å²) in [6, 6.07) is 13.9. The monoisotopic (exact) mass is 374 g/mol. The van der Waals surface area contributed by atoms with Crippen molar-refractivity contribution in [3.63, 3.8) is 0 Å². The molecule has 0 aliphatic rings. The molecule has 0 bridgehead atoms. The fraction of sp³-hybridized carbons (Fsp3) is 0.158. The van der Waals surface area contributed by atoms with Gasteiger partial charge in [-0.05, 0) is 48.4 Å². The van der Waals surface area contributed by atoms with Crippen molar-refractivity contribution >= 4 is 35.2 Å². The van der Waals surface area contributed by atoms with Crippen LogP contribution >= 0.6 is 23.2 Å². The molecule has 25 heavy (non-hydrogen) atoms. The lowest BCUT2D eigenvalue weighted by molar-refractivity contribution is -0.117. The number of nitrogens with zero attached hydrogens (tertiary/aromatic N) is 1. The predicted octanol–water partition coefficient (Wildman–Crippen LogP) is 4.79. The molecule has 0 saturated carbocycles. The van der Waals surface area contributed by atoms with Gasteiger partial charge in [-0.25, -0.2) is 0 Å². The molecule has 0 unspecified atom stereocenters. The summed E-state index contributed by atoms with van der Waals surface area (Å²) in [6.45, 7) is 1.83. The van der Waals surface area contributed by atoms with Crippen molar-refractivity contribution in [2.45, 2.75) is 13.0 Å². The van der Waals surface area contributed by atoms with Gasteiger partial charge in [-0.1, -0.05) is 41.4 Å². The van der Waals surface area contributed by atoms with Crippen LogP contribution in [0, 0.1) is 11.3 Å². The Bertz CT molecular complexity index is 857. The molecule has 4 nitrogen and oxygen atoms in total. The molecular weight excluding hydrogens is 359 g/mol. The van der Waals surface area contributed by atoms with Crippen molar-refractivity contribution in [2.75, 3.05) is 7.11 Å². The van der Waals surface area contributed by atoms with E-state index in [1.54, 1.807) is 25.3 Å². The summed E-state index contributed by atoms with van der Waals surface area (Å²) in [4.78, 5) is 12.4. The summed E-state index contributed by atoms with van der Waals surface area (Å²) in [5.41, 5.74) is 1.47. The van der Waals surface area contributed by atoms with Crippen LogP contribution in [0.4, 0.5) is 0 Å². The molecule has 0 aliphatic heterocycles. The summed E-state index contributed by atoms with van der Waals surface area (Å²) in [5.74, 6) is 0.231. The highest BCUT2D eigenvalue weighted by Gasteiger charge is 2.14. The van der Waals surface area contributed by atoms with E-state index in [1.165, 1.54) is 6.08 Å². The summed E-state index contributed by atoms with van der Waals surface area (Å²) in [5, 5.41) is 12.9. The molecule has 0 radical (unpaired) electrons. The standard InChI is InChI=1S/C19H16Cl2N2O2/c1-12(14-4-3-5-16(10-14)25-2)23-19(24)15(11-22)8-13-6-7-17(20)18(21)9-13/h3-10,12H,1-2H3,(H,23,24)/b15-8+/t12-/m0/s1. The molecule has 2 rings (SSSR count). The largest absolute Gasteiger partial charge is 0.497 e. The average molecular weight is 375 g/mol. The number of ether oxygens (including phenoxy) is 1. The first-order chi connectivity index (χ1) is 11.9. The molecular formula is C19H16Cl2N2O2. The van der Waals surface area contributed by atoms with E-state index in [4.69, 9.17) is 27.9 Å². The van der Waals surface area contributed by atoms with Crippen LogP contribution < -0.4 is 10.1 Å². The van der Waals surface area contributed by atoms with Gasteiger partial charge in [0.25, 0.3) is 5.91 Å². The topological polar surface area (TPSA) is 62.1 Å². The number of carbonyl (C=O) groups excluding carboxylic acids is 1. The van der Waals surface area contributed by atoms with Crippen LogP contribution in [0.25, 0.3) is 6.08 Å². The molecule has 2 aromatic carbocycles. The lowest BCUT2D eigenvalue weighted by Crippen LogP contribution is -2.27. The SMILES string of the molecule is COc1cccc([C@H](C)NC(=O)/C(C#N)=C/c2ccc(Cl)c(Cl)c2)c1. The molecule has 0 aromatic heterocycles. The Balaban J connectivity index is 2.17. The average Bonchev–Trinajstić information content (AvgIpc) is 2.62. The Hall–Kier alpha value is -2.48. The Labute approximate surface area is 156 Å². The molecule has 1 amide bonds. The Morgan fingerprint density at radius 1 is 1.24 bits per heavy atom. The van der Waals surface area contributed by atoms with Crippen molar-refractivity contribution in [3.8, 4) is 11.8 Å². The van der Waals surface area contributed by atoms with Gasteiger partial charge >= 0.3 is 0 Å². The third-order valence-electron chi connectivity index (χ3n) is 3.56. The van der Waals surface area contributed by atoms with Crippen molar-refractivity contribution in [2.24, 2.45) is 0 Å². The van der Waals surface area contributed by atoms with Crippen molar-refractivity contribution in [3.05, 3.63) is 69.2 Å². The number of nitriles is 1. The molecule has 0 fully saturated rings. The van der Waals surface area contributed by atoms with E-state index in [-0.39, 0.29) is 11.6 Å². The Morgan fingerprint density at radius 3 is 2.64 bits per heavy atom. The summed E-state index contributed by atoms with van der Waals surface area (Å²) < 4.78 is 5.18. The lowest BCUT2D eigenvalue weighted by atomic mass is 10.1. The minimum Gasteiger partial charge on any atom is -0.497 e. The van der Waals surface area contributed by atoms with Gasteiger partial charge in [-0.15, -0.1) is 0 Å². The van der Waals surface area contributed by atoms with Crippen LogP contribution in [0.2, 0.25) is 10.0 Å². The second-order valence-electron chi connectivity index (χ2n) is 5.32. The van der Waals surface area contributed by atoms with Gasteiger partial charge in [-0.2, -0.15) is 5.26 Å². The summed E-state index contributed by atoms with van der Waals surface area (Å²) >= 11 is 11.8. The van der Waals surface area contributed by atoms with Crippen molar-refractivity contribution in [1.29, 1.82) is 5.26 Å². The maximum Gasteiger partial charge on any atom is 0.262 e. The minimum absolute atomic E-state index is 0.0202. The maximum atomic E-state index is 12.4. The highest BCUT2D eigenvalue weighted by atomic mass is 35.5. The van der Waals surface area contributed by atoms with Crippen molar-refractivity contribution in [1.82, 2.24) is 5.32 Å². The van der Waals surface area contributed by atoms with E-state index in [1.807, 2.05) is 37.3 Å².